The molecule has 114 valence electrons. The van der Waals surface area contributed by atoms with Gasteiger partial charge in [-0.25, -0.2) is 0 Å². The lowest BCUT2D eigenvalue weighted by atomic mass is 10.2. The summed E-state index contributed by atoms with van der Waals surface area (Å²) in [4.78, 5) is 14.6. The Balaban J connectivity index is 2.40. The number of amides is 1. The third kappa shape index (κ3) is 3.12. The van der Waals surface area contributed by atoms with Crippen molar-refractivity contribution in [2.24, 2.45) is 0 Å². The molecule has 2 rings (SSSR count). The van der Waals surface area contributed by atoms with Crippen LogP contribution in [0.1, 0.15) is 29.2 Å². The normalized spacial score (nSPS) is 11.7. The zero-order chi connectivity index (χ0) is 15.8. The Labute approximate surface area is 126 Å². The van der Waals surface area contributed by atoms with E-state index in [9.17, 15) is 13.6 Å². The molecule has 0 aliphatic rings. The topological polar surface area (TPSA) is 38.1 Å². The van der Waals surface area contributed by atoms with Crippen molar-refractivity contribution in [2.45, 2.75) is 26.3 Å². The average Bonchev–Trinajstić information content (AvgIpc) is 3.03. The van der Waals surface area contributed by atoms with Gasteiger partial charge >= 0.3 is 0 Å². The van der Waals surface area contributed by atoms with Crippen LogP contribution in [0.3, 0.4) is 0 Å². The quantitative estimate of drug-likeness (QED) is 0.867. The molecule has 0 aliphatic carbocycles. The highest BCUT2D eigenvalue weighted by atomic mass is 32.1. The SMILES string of the molecule is CCn1nc(-c2ccc(C(=O)N(C)C)s2)cc1C(C)(F)F. The summed E-state index contributed by atoms with van der Waals surface area (Å²) in [5, 5.41) is 4.21. The molecule has 0 bridgehead atoms. The van der Waals surface area contributed by atoms with Gasteiger partial charge in [-0.2, -0.15) is 13.9 Å². The Morgan fingerprint density at radius 1 is 1.43 bits per heavy atom. The lowest BCUT2D eigenvalue weighted by Gasteiger charge is -2.10. The number of thiophene rings is 1. The first-order valence-electron chi connectivity index (χ1n) is 6.52. The van der Waals surface area contributed by atoms with E-state index < -0.39 is 5.92 Å². The predicted molar refractivity (Wildman–Crippen MR) is 78.8 cm³/mol. The standard InChI is InChI=1S/C14H17F2N3OS/c1-5-19-12(14(2,15)16)8-9(17-19)10-6-7-11(21-10)13(20)18(3)4/h6-8H,5H2,1-4H3. The molecule has 0 atom stereocenters. The van der Waals surface area contributed by atoms with Crippen LogP contribution in [-0.4, -0.2) is 34.7 Å². The van der Waals surface area contributed by atoms with Gasteiger partial charge in [0.05, 0.1) is 9.75 Å². The summed E-state index contributed by atoms with van der Waals surface area (Å²) in [6, 6.07) is 4.82. The lowest BCUT2D eigenvalue weighted by Crippen LogP contribution is -2.20. The Bertz CT molecular complexity index is 655. The van der Waals surface area contributed by atoms with E-state index in [1.807, 2.05) is 0 Å². The number of rotatable bonds is 4. The van der Waals surface area contributed by atoms with Crippen molar-refractivity contribution in [1.82, 2.24) is 14.7 Å². The monoisotopic (exact) mass is 313 g/mol. The van der Waals surface area contributed by atoms with Gasteiger partial charge in [-0.05, 0) is 25.1 Å². The van der Waals surface area contributed by atoms with Crippen LogP contribution in [-0.2, 0) is 12.5 Å². The van der Waals surface area contributed by atoms with Crippen LogP contribution in [0.4, 0.5) is 8.78 Å². The van der Waals surface area contributed by atoms with E-state index in [1.165, 1.54) is 27.0 Å². The van der Waals surface area contributed by atoms with Crippen molar-refractivity contribution in [2.75, 3.05) is 14.1 Å². The fourth-order valence-corrected chi connectivity index (χ4v) is 2.93. The minimum atomic E-state index is -2.94. The minimum absolute atomic E-state index is 0.109. The molecular formula is C14H17F2N3OS. The van der Waals surface area contributed by atoms with Crippen molar-refractivity contribution in [3.8, 4) is 10.6 Å². The Morgan fingerprint density at radius 3 is 2.57 bits per heavy atom. The maximum absolute atomic E-state index is 13.6. The summed E-state index contributed by atoms with van der Waals surface area (Å²) in [5.74, 6) is -3.05. The second-order valence-electron chi connectivity index (χ2n) is 4.98. The Hall–Kier alpha value is -1.76. The molecule has 0 aromatic carbocycles. The van der Waals surface area contributed by atoms with Crippen LogP contribution < -0.4 is 0 Å². The zero-order valence-electron chi connectivity index (χ0n) is 12.4. The molecule has 0 spiro atoms. The second kappa shape index (κ2) is 5.55. The minimum Gasteiger partial charge on any atom is -0.344 e. The molecule has 0 unspecified atom stereocenters. The number of aromatic nitrogens is 2. The molecule has 7 heteroatoms. The summed E-state index contributed by atoms with van der Waals surface area (Å²) in [7, 11) is 3.34. The zero-order valence-corrected chi connectivity index (χ0v) is 13.2. The molecule has 21 heavy (non-hydrogen) atoms. The van der Waals surface area contributed by atoms with Crippen molar-refractivity contribution >= 4 is 17.2 Å². The smallest absolute Gasteiger partial charge is 0.286 e. The van der Waals surface area contributed by atoms with Gasteiger partial charge in [-0.15, -0.1) is 11.3 Å². The summed E-state index contributed by atoms with van der Waals surface area (Å²) in [6.07, 6.45) is 0. The Kier molecular flexibility index (Phi) is 4.13. The molecule has 0 N–H and O–H groups in total. The highest BCUT2D eigenvalue weighted by Crippen LogP contribution is 2.33. The third-order valence-electron chi connectivity index (χ3n) is 3.00. The molecule has 0 saturated heterocycles. The van der Waals surface area contributed by atoms with Gasteiger partial charge in [-0.3, -0.25) is 9.48 Å². The maximum Gasteiger partial charge on any atom is 0.286 e. The van der Waals surface area contributed by atoms with Crippen LogP contribution in [0.5, 0.6) is 0 Å². The van der Waals surface area contributed by atoms with E-state index in [0.717, 1.165) is 6.92 Å². The molecule has 2 aromatic rings. The fourth-order valence-electron chi connectivity index (χ4n) is 1.94. The van der Waals surface area contributed by atoms with Gasteiger partial charge in [0.2, 0.25) is 0 Å². The van der Waals surface area contributed by atoms with Gasteiger partial charge < -0.3 is 4.90 Å². The molecule has 2 aromatic heterocycles. The van der Waals surface area contributed by atoms with Gasteiger partial charge in [0, 0.05) is 27.6 Å². The fraction of sp³-hybridized carbons (Fsp3) is 0.429. The van der Waals surface area contributed by atoms with Crippen LogP contribution in [0, 0.1) is 0 Å². The predicted octanol–water partition coefficient (Wildman–Crippen LogP) is 3.45. The molecule has 0 fully saturated rings. The second-order valence-corrected chi connectivity index (χ2v) is 6.07. The Morgan fingerprint density at radius 2 is 2.10 bits per heavy atom. The van der Waals surface area contributed by atoms with Crippen molar-refractivity contribution < 1.29 is 13.6 Å². The van der Waals surface area contributed by atoms with Crippen LogP contribution in [0.25, 0.3) is 10.6 Å². The highest BCUT2D eigenvalue weighted by molar-refractivity contribution is 7.17. The van der Waals surface area contributed by atoms with E-state index >= 15 is 0 Å². The molecule has 0 radical (unpaired) electrons. The van der Waals surface area contributed by atoms with E-state index in [2.05, 4.69) is 5.10 Å². The number of hydrogen-bond acceptors (Lipinski definition) is 3. The first-order chi connectivity index (χ1) is 9.74. The number of carbonyl (C=O) groups excluding carboxylic acids is 1. The number of nitrogens with zero attached hydrogens (tertiary/aromatic N) is 3. The maximum atomic E-state index is 13.6. The van der Waals surface area contributed by atoms with Crippen molar-refractivity contribution in [3.05, 3.63) is 28.8 Å². The third-order valence-corrected chi connectivity index (χ3v) is 4.10. The number of halogens is 2. The molecule has 4 nitrogen and oxygen atoms in total. The van der Waals surface area contributed by atoms with Gasteiger partial charge in [-0.1, -0.05) is 0 Å². The molecule has 0 saturated carbocycles. The van der Waals surface area contributed by atoms with E-state index in [4.69, 9.17) is 0 Å². The van der Waals surface area contributed by atoms with E-state index in [-0.39, 0.29) is 11.6 Å². The van der Waals surface area contributed by atoms with E-state index in [0.29, 0.717) is 22.0 Å². The number of alkyl halides is 2. The van der Waals surface area contributed by atoms with Crippen molar-refractivity contribution in [1.29, 1.82) is 0 Å². The van der Waals surface area contributed by atoms with Crippen LogP contribution in [0.15, 0.2) is 18.2 Å². The average molecular weight is 313 g/mol. The van der Waals surface area contributed by atoms with Gasteiger partial charge in [0.15, 0.2) is 0 Å². The van der Waals surface area contributed by atoms with Gasteiger partial charge in [0.25, 0.3) is 11.8 Å². The summed E-state index contributed by atoms with van der Waals surface area (Å²) < 4.78 is 28.4. The van der Waals surface area contributed by atoms with Crippen LogP contribution in [0.2, 0.25) is 0 Å². The largest absolute Gasteiger partial charge is 0.344 e. The number of aryl methyl sites for hydroxylation is 1. The molecular weight excluding hydrogens is 296 g/mol. The molecule has 2 heterocycles. The number of hydrogen-bond donors (Lipinski definition) is 0. The van der Waals surface area contributed by atoms with E-state index in [1.54, 1.807) is 33.2 Å². The summed E-state index contributed by atoms with van der Waals surface area (Å²) in [6.45, 7) is 2.99. The highest BCUT2D eigenvalue weighted by Gasteiger charge is 2.30. The summed E-state index contributed by atoms with van der Waals surface area (Å²) in [5.41, 5.74) is 0.352. The first-order valence-corrected chi connectivity index (χ1v) is 7.33. The number of carbonyl (C=O) groups is 1. The summed E-state index contributed by atoms with van der Waals surface area (Å²) >= 11 is 1.25. The van der Waals surface area contributed by atoms with Crippen molar-refractivity contribution in [3.63, 3.8) is 0 Å². The lowest BCUT2D eigenvalue weighted by molar-refractivity contribution is 0.00795. The first kappa shape index (κ1) is 15.6. The van der Waals surface area contributed by atoms with Gasteiger partial charge in [0.1, 0.15) is 11.4 Å². The molecule has 0 aliphatic heterocycles. The van der Waals surface area contributed by atoms with Crippen LogP contribution >= 0.6 is 11.3 Å². The molecule has 1 amide bonds.